The van der Waals surface area contributed by atoms with Gasteiger partial charge in [-0.1, -0.05) is 66.2 Å². The lowest BCUT2D eigenvalue weighted by molar-refractivity contribution is 1.10. The molecule has 0 spiro atoms. The molecule has 5 aromatic carbocycles. The van der Waals surface area contributed by atoms with E-state index in [9.17, 15) is 0 Å². The first-order valence-corrected chi connectivity index (χ1v) is 13.0. The monoisotopic (exact) mass is 480 g/mol. The van der Waals surface area contributed by atoms with Crippen LogP contribution in [-0.2, 0) is 0 Å². The number of thiophene rings is 1. The molecule has 0 unspecified atom stereocenters. The normalized spacial score (nSPS) is 11.6. The highest BCUT2D eigenvalue weighted by Crippen LogP contribution is 2.41. The minimum atomic E-state index is 0.959. The molecule has 0 aliphatic rings. The summed E-state index contributed by atoms with van der Waals surface area (Å²) in [5.74, 6) is 0.959. The lowest BCUT2D eigenvalue weighted by atomic mass is 9.98. The third kappa shape index (κ3) is 3.35. The van der Waals surface area contributed by atoms with Crippen LogP contribution >= 0.6 is 11.3 Å². The van der Waals surface area contributed by atoms with Crippen LogP contribution in [-0.4, -0.2) is 9.55 Å². The average molecular weight is 481 g/mol. The maximum Gasteiger partial charge on any atom is 0.145 e. The second-order valence-electron chi connectivity index (χ2n) is 9.46. The zero-order valence-corrected chi connectivity index (χ0v) is 21.0. The summed E-state index contributed by atoms with van der Waals surface area (Å²) >= 11 is 1.89. The quantitative estimate of drug-likeness (QED) is 0.246. The summed E-state index contributed by atoms with van der Waals surface area (Å²) in [4.78, 5) is 5.03. The third-order valence-electron chi connectivity index (χ3n) is 6.90. The topological polar surface area (TPSA) is 17.8 Å². The Morgan fingerprint density at radius 2 is 1.36 bits per heavy atom. The van der Waals surface area contributed by atoms with E-state index in [4.69, 9.17) is 4.98 Å². The highest BCUT2D eigenvalue weighted by atomic mass is 32.1. The van der Waals surface area contributed by atoms with Crippen LogP contribution in [0.25, 0.3) is 59.4 Å². The molecule has 7 aromatic rings. The van der Waals surface area contributed by atoms with E-state index in [1.165, 1.54) is 42.4 Å². The Kier molecular flexibility index (Phi) is 4.80. The van der Waals surface area contributed by atoms with Crippen molar-refractivity contribution in [3.63, 3.8) is 0 Å². The van der Waals surface area contributed by atoms with Crippen LogP contribution in [0, 0.1) is 13.8 Å². The van der Waals surface area contributed by atoms with Gasteiger partial charge in [0.15, 0.2) is 0 Å². The first-order valence-electron chi connectivity index (χ1n) is 12.2. The molecule has 0 aliphatic heterocycles. The molecule has 2 nitrogen and oxygen atoms in total. The summed E-state index contributed by atoms with van der Waals surface area (Å²) in [5.41, 5.74) is 9.46. The second-order valence-corrected chi connectivity index (χ2v) is 10.5. The van der Waals surface area contributed by atoms with Gasteiger partial charge in [0.05, 0.1) is 11.0 Å². The van der Waals surface area contributed by atoms with E-state index in [1.807, 2.05) is 17.4 Å². The Labute approximate surface area is 214 Å². The van der Waals surface area contributed by atoms with Gasteiger partial charge in [-0.3, -0.25) is 4.57 Å². The molecule has 36 heavy (non-hydrogen) atoms. The van der Waals surface area contributed by atoms with Gasteiger partial charge in [0.1, 0.15) is 5.82 Å². The molecular weight excluding hydrogens is 456 g/mol. The van der Waals surface area contributed by atoms with Crippen LogP contribution < -0.4 is 0 Å². The van der Waals surface area contributed by atoms with Gasteiger partial charge in [0.25, 0.3) is 0 Å². The minimum Gasteiger partial charge on any atom is -0.292 e. The summed E-state index contributed by atoms with van der Waals surface area (Å²) in [6.07, 6.45) is 0. The summed E-state index contributed by atoms with van der Waals surface area (Å²) < 4.78 is 4.95. The van der Waals surface area contributed by atoms with Crippen molar-refractivity contribution in [2.75, 3.05) is 0 Å². The zero-order valence-electron chi connectivity index (χ0n) is 20.2. The van der Waals surface area contributed by atoms with Gasteiger partial charge in [0, 0.05) is 31.4 Å². The van der Waals surface area contributed by atoms with Crippen molar-refractivity contribution in [2.45, 2.75) is 13.8 Å². The SMILES string of the molecule is Cc1ccc2sc3c(-c4ccc(-c5nc6ccccc6n5-c5ccccc5)cc4)cc(C)cc3c2c1. The summed E-state index contributed by atoms with van der Waals surface area (Å²) in [5, 5.41) is 2.71. The molecule has 0 bridgehead atoms. The van der Waals surface area contributed by atoms with Gasteiger partial charge in [-0.05, 0) is 79.1 Å². The van der Waals surface area contributed by atoms with Crippen molar-refractivity contribution in [1.82, 2.24) is 9.55 Å². The predicted molar refractivity (Wildman–Crippen MR) is 154 cm³/mol. The van der Waals surface area contributed by atoms with Gasteiger partial charge >= 0.3 is 0 Å². The van der Waals surface area contributed by atoms with Crippen LogP contribution in [0.15, 0.2) is 109 Å². The fraction of sp³-hybridized carbons (Fsp3) is 0.0606. The van der Waals surface area contributed by atoms with Crippen LogP contribution in [0.2, 0.25) is 0 Å². The molecule has 0 N–H and O–H groups in total. The van der Waals surface area contributed by atoms with Crippen molar-refractivity contribution in [3.05, 3.63) is 120 Å². The maximum atomic E-state index is 5.03. The van der Waals surface area contributed by atoms with Crippen LogP contribution in [0.1, 0.15) is 11.1 Å². The molecule has 2 aromatic heterocycles. The van der Waals surface area contributed by atoms with Gasteiger partial charge < -0.3 is 0 Å². The summed E-state index contributed by atoms with van der Waals surface area (Å²) in [7, 11) is 0. The average Bonchev–Trinajstić information content (AvgIpc) is 3.47. The molecule has 0 saturated heterocycles. The Hall–Kier alpha value is -4.21. The number of hydrogen-bond donors (Lipinski definition) is 0. The molecule has 7 rings (SSSR count). The number of benzene rings is 5. The molecule has 172 valence electrons. The molecule has 0 saturated carbocycles. The van der Waals surface area contributed by atoms with E-state index >= 15 is 0 Å². The zero-order chi connectivity index (χ0) is 24.2. The molecule has 0 radical (unpaired) electrons. The standard InChI is InChI=1S/C33H24N2S/c1-21-12-17-31-27(18-21)28-20-22(2)19-26(32(28)36-31)23-13-15-24(16-14-23)33-34-29-10-6-7-11-30(29)35(33)25-8-4-3-5-9-25/h3-20H,1-2H3. The molecule has 0 atom stereocenters. The Balaban J connectivity index is 1.39. The smallest absolute Gasteiger partial charge is 0.145 e. The molecule has 2 heterocycles. The largest absolute Gasteiger partial charge is 0.292 e. The Morgan fingerprint density at radius 1 is 0.639 bits per heavy atom. The number of rotatable bonds is 3. The molecule has 0 fully saturated rings. The third-order valence-corrected chi connectivity index (χ3v) is 8.12. The number of aromatic nitrogens is 2. The van der Waals surface area contributed by atoms with Gasteiger partial charge in [-0.2, -0.15) is 0 Å². The van der Waals surface area contributed by atoms with Gasteiger partial charge in [-0.15, -0.1) is 11.3 Å². The predicted octanol–water partition coefficient (Wildman–Crippen LogP) is 9.34. The lowest BCUT2D eigenvalue weighted by Crippen LogP contribution is -1.97. The van der Waals surface area contributed by atoms with Crippen molar-refractivity contribution in [1.29, 1.82) is 0 Å². The first-order chi connectivity index (χ1) is 17.7. The van der Waals surface area contributed by atoms with E-state index in [0.29, 0.717) is 0 Å². The fourth-order valence-corrected chi connectivity index (χ4v) is 6.41. The molecule has 0 amide bonds. The first kappa shape index (κ1) is 21.1. The maximum absolute atomic E-state index is 5.03. The van der Waals surface area contributed by atoms with Crippen molar-refractivity contribution in [2.24, 2.45) is 0 Å². The number of imidazole rings is 1. The van der Waals surface area contributed by atoms with E-state index in [2.05, 4.69) is 122 Å². The van der Waals surface area contributed by atoms with E-state index < -0.39 is 0 Å². The highest BCUT2D eigenvalue weighted by molar-refractivity contribution is 7.26. The molecular formula is C33H24N2S. The number of para-hydroxylation sites is 3. The van der Waals surface area contributed by atoms with Crippen LogP contribution in [0.5, 0.6) is 0 Å². The number of aryl methyl sites for hydroxylation is 2. The van der Waals surface area contributed by atoms with E-state index in [1.54, 1.807) is 0 Å². The fourth-order valence-electron chi connectivity index (χ4n) is 5.21. The number of fused-ring (bicyclic) bond motifs is 4. The van der Waals surface area contributed by atoms with Crippen molar-refractivity contribution >= 4 is 42.5 Å². The van der Waals surface area contributed by atoms with E-state index in [-0.39, 0.29) is 0 Å². The van der Waals surface area contributed by atoms with Crippen LogP contribution in [0.3, 0.4) is 0 Å². The van der Waals surface area contributed by atoms with Gasteiger partial charge in [-0.25, -0.2) is 4.98 Å². The van der Waals surface area contributed by atoms with Crippen molar-refractivity contribution < 1.29 is 0 Å². The number of nitrogens with zero attached hydrogens (tertiary/aromatic N) is 2. The van der Waals surface area contributed by atoms with Gasteiger partial charge in [0.2, 0.25) is 0 Å². The summed E-state index contributed by atoms with van der Waals surface area (Å²) in [6.45, 7) is 4.36. The summed E-state index contributed by atoms with van der Waals surface area (Å²) in [6, 6.07) is 39.2. The van der Waals surface area contributed by atoms with Crippen LogP contribution in [0.4, 0.5) is 0 Å². The Morgan fingerprint density at radius 3 is 2.19 bits per heavy atom. The Bertz CT molecular complexity index is 1890. The second kappa shape index (κ2) is 8.18. The van der Waals surface area contributed by atoms with E-state index in [0.717, 1.165) is 28.1 Å². The highest BCUT2D eigenvalue weighted by Gasteiger charge is 2.16. The number of hydrogen-bond acceptors (Lipinski definition) is 2. The molecule has 3 heteroatoms. The lowest BCUT2D eigenvalue weighted by Gasteiger charge is -2.11. The van der Waals surface area contributed by atoms with Crippen molar-refractivity contribution in [3.8, 4) is 28.2 Å². The minimum absolute atomic E-state index is 0.959. The molecule has 0 aliphatic carbocycles.